The van der Waals surface area contributed by atoms with Gasteiger partial charge < -0.3 is 9.84 Å². The third kappa shape index (κ3) is 3.79. The average Bonchev–Trinajstić information content (AvgIpc) is 2.86. The highest BCUT2D eigenvalue weighted by Gasteiger charge is 2.10. The van der Waals surface area contributed by atoms with E-state index in [-0.39, 0.29) is 5.91 Å². The van der Waals surface area contributed by atoms with Gasteiger partial charge in [-0.2, -0.15) is 4.98 Å². The molecule has 0 atom stereocenters. The van der Waals surface area contributed by atoms with Crippen LogP contribution in [0.15, 0.2) is 28.8 Å². The third-order valence-corrected chi connectivity index (χ3v) is 2.76. The summed E-state index contributed by atoms with van der Waals surface area (Å²) in [5, 5.41) is 7.25. The van der Waals surface area contributed by atoms with Crippen LogP contribution in [0.25, 0.3) is 11.4 Å². The zero-order valence-electron chi connectivity index (χ0n) is 10.5. The molecule has 1 N–H and O–H groups in total. The molecule has 0 saturated carbocycles. The summed E-state index contributed by atoms with van der Waals surface area (Å²) in [4.78, 5) is 15.6. The van der Waals surface area contributed by atoms with Crippen LogP contribution in [0.4, 0.5) is 0 Å². The van der Waals surface area contributed by atoms with Gasteiger partial charge in [0.1, 0.15) is 0 Å². The molecule has 0 saturated heterocycles. The minimum atomic E-state index is -0.0197. The van der Waals surface area contributed by atoms with Crippen molar-refractivity contribution >= 4 is 17.5 Å². The molecule has 0 fully saturated rings. The molecule has 2 rings (SSSR count). The van der Waals surface area contributed by atoms with Gasteiger partial charge in [-0.25, -0.2) is 0 Å². The van der Waals surface area contributed by atoms with Crippen molar-refractivity contribution in [1.82, 2.24) is 15.5 Å². The van der Waals surface area contributed by atoms with E-state index in [9.17, 15) is 4.79 Å². The first-order valence-electron chi connectivity index (χ1n) is 6.04. The molecule has 1 heterocycles. The highest BCUT2D eigenvalue weighted by Crippen LogP contribution is 2.18. The average molecular weight is 280 g/mol. The Morgan fingerprint density at radius 3 is 2.79 bits per heavy atom. The summed E-state index contributed by atoms with van der Waals surface area (Å²) in [5.41, 5.74) is 0.831. The van der Waals surface area contributed by atoms with E-state index in [1.165, 1.54) is 0 Å². The molecule has 1 aromatic heterocycles. The number of nitrogens with zero attached hydrogens (tertiary/aromatic N) is 2. The van der Waals surface area contributed by atoms with Crippen molar-refractivity contribution in [3.63, 3.8) is 0 Å². The first kappa shape index (κ1) is 13.5. The molecule has 6 heteroatoms. The molecule has 0 radical (unpaired) electrons. The normalized spacial score (nSPS) is 10.4. The fourth-order valence-electron chi connectivity index (χ4n) is 1.58. The predicted molar refractivity (Wildman–Crippen MR) is 71.7 cm³/mol. The largest absolute Gasteiger partial charge is 0.356 e. The van der Waals surface area contributed by atoms with Crippen LogP contribution in [-0.4, -0.2) is 22.6 Å². The number of hydrogen-bond acceptors (Lipinski definition) is 4. The number of nitrogens with one attached hydrogen (secondary N) is 1. The summed E-state index contributed by atoms with van der Waals surface area (Å²) in [7, 11) is 0. The standard InChI is InChI=1S/C13H14ClN3O2/c1-2-15-11(18)7-8-12-16-13(17-19-12)9-3-5-10(14)6-4-9/h3-6H,2,7-8H2,1H3,(H,15,18). The maximum atomic E-state index is 11.3. The number of benzene rings is 1. The minimum Gasteiger partial charge on any atom is -0.356 e. The Morgan fingerprint density at radius 1 is 1.37 bits per heavy atom. The molecule has 0 bridgehead atoms. The summed E-state index contributed by atoms with van der Waals surface area (Å²) < 4.78 is 5.10. The van der Waals surface area contributed by atoms with Gasteiger partial charge >= 0.3 is 0 Å². The maximum Gasteiger partial charge on any atom is 0.227 e. The van der Waals surface area contributed by atoms with Crippen LogP contribution in [-0.2, 0) is 11.2 Å². The number of hydrogen-bond donors (Lipinski definition) is 1. The lowest BCUT2D eigenvalue weighted by Gasteiger charge is -1.98. The lowest BCUT2D eigenvalue weighted by molar-refractivity contribution is -0.121. The van der Waals surface area contributed by atoms with Crippen molar-refractivity contribution < 1.29 is 9.32 Å². The predicted octanol–water partition coefficient (Wildman–Crippen LogP) is 2.46. The monoisotopic (exact) mass is 279 g/mol. The maximum absolute atomic E-state index is 11.3. The van der Waals surface area contributed by atoms with Crippen molar-refractivity contribution in [2.45, 2.75) is 19.8 Å². The molecule has 100 valence electrons. The molecule has 19 heavy (non-hydrogen) atoms. The number of carbonyl (C=O) groups excluding carboxylic acids is 1. The van der Waals surface area contributed by atoms with Crippen LogP contribution >= 0.6 is 11.6 Å². The molecular weight excluding hydrogens is 266 g/mol. The molecule has 0 unspecified atom stereocenters. The van der Waals surface area contributed by atoms with Gasteiger partial charge in [-0.05, 0) is 31.2 Å². The zero-order chi connectivity index (χ0) is 13.7. The molecule has 1 aromatic carbocycles. The summed E-state index contributed by atoms with van der Waals surface area (Å²) >= 11 is 5.81. The van der Waals surface area contributed by atoms with Crippen LogP contribution in [0.3, 0.4) is 0 Å². The molecule has 5 nitrogen and oxygen atoms in total. The van der Waals surface area contributed by atoms with Gasteiger partial charge in [-0.3, -0.25) is 4.79 Å². The topological polar surface area (TPSA) is 68.0 Å². The number of carbonyl (C=O) groups is 1. The Morgan fingerprint density at radius 2 is 2.11 bits per heavy atom. The molecule has 1 amide bonds. The summed E-state index contributed by atoms with van der Waals surface area (Å²) in [5.74, 6) is 0.938. The summed E-state index contributed by atoms with van der Waals surface area (Å²) in [6, 6.07) is 7.17. The number of aromatic nitrogens is 2. The van der Waals surface area contributed by atoms with E-state index >= 15 is 0 Å². The SMILES string of the molecule is CCNC(=O)CCc1nc(-c2ccc(Cl)cc2)no1. The van der Waals surface area contributed by atoms with Crippen molar-refractivity contribution in [3.8, 4) is 11.4 Å². The second-order valence-corrected chi connectivity index (χ2v) is 4.41. The molecule has 0 aliphatic heterocycles. The Bertz CT molecular complexity index is 551. The van der Waals surface area contributed by atoms with Crippen molar-refractivity contribution in [3.05, 3.63) is 35.2 Å². The Labute approximate surface area is 116 Å². The van der Waals surface area contributed by atoms with E-state index in [4.69, 9.17) is 16.1 Å². The number of aryl methyl sites for hydroxylation is 1. The van der Waals surface area contributed by atoms with E-state index in [0.717, 1.165) is 5.56 Å². The highest BCUT2D eigenvalue weighted by atomic mass is 35.5. The van der Waals surface area contributed by atoms with Gasteiger partial charge in [0, 0.05) is 30.0 Å². The number of rotatable bonds is 5. The van der Waals surface area contributed by atoms with E-state index in [0.29, 0.717) is 36.1 Å². The Hall–Kier alpha value is -1.88. The van der Waals surface area contributed by atoms with Crippen LogP contribution < -0.4 is 5.32 Å². The highest BCUT2D eigenvalue weighted by molar-refractivity contribution is 6.30. The smallest absolute Gasteiger partial charge is 0.227 e. The molecule has 0 aliphatic carbocycles. The fourth-order valence-corrected chi connectivity index (χ4v) is 1.70. The fraction of sp³-hybridized carbons (Fsp3) is 0.308. The van der Waals surface area contributed by atoms with E-state index in [2.05, 4.69) is 15.5 Å². The van der Waals surface area contributed by atoms with Gasteiger partial charge in [-0.1, -0.05) is 16.8 Å². The van der Waals surface area contributed by atoms with Gasteiger partial charge in [0.05, 0.1) is 0 Å². The van der Waals surface area contributed by atoms with Crippen LogP contribution in [0.5, 0.6) is 0 Å². The summed E-state index contributed by atoms with van der Waals surface area (Å²) in [6.45, 7) is 2.50. The van der Waals surface area contributed by atoms with Crippen LogP contribution in [0, 0.1) is 0 Å². The Kier molecular flexibility index (Phi) is 4.52. The molecule has 0 aliphatic rings. The first-order chi connectivity index (χ1) is 9.19. The third-order valence-electron chi connectivity index (χ3n) is 2.51. The quantitative estimate of drug-likeness (QED) is 0.913. The van der Waals surface area contributed by atoms with E-state index < -0.39 is 0 Å². The van der Waals surface area contributed by atoms with Gasteiger partial charge in [0.25, 0.3) is 0 Å². The van der Waals surface area contributed by atoms with E-state index in [1.54, 1.807) is 12.1 Å². The van der Waals surface area contributed by atoms with Crippen LogP contribution in [0.2, 0.25) is 5.02 Å². The number of amides is 1. The number of halogens is 1. The molecular formula is C13H14ClN3O2. The second kappa shape index (κ2) is 6.33. The molecule has 2 aromatic rings. The van der Waals surface area contributed by atoms with Crippen LogP contribution in [0.1, 0.15) is 19.2 Å². The summed E-state index contributed by atoms with van der Waals surface area (Å²) in [6.07, 6.45) is 0.780. The minimum absolute atomic E-state index is 0.0197. The zero-order valence-corrected chi connectivity index (χ0v) is 11.3. The van der Waals surface area contributed by atoms with Gasteiger partial charge in [0.15, 0.2) is 0 Å². The molecule has 0 spiro atoms. The van der Waals surface area contributed by atoms with Crippen molar-refractivity contribution in [1.29, 1.82) is 0 Å². The first-order valence-corrected chi connectivity index (χ1v) is 6.42. The lowest BCUT2D eigenvalue weighted by Crippen LogP contribution is -2.22. The van der Waals surface area contributed by atoms with Crippen molar-refractivity contribution in [2.75, 3.05) is 6.54 Å². The Balaban J connectivity index is 1.99. The second-order valence-electron chi connectivity index (χ2n) is 3.97. The van der Waals surface area contributed by atoms with Gasteiger partial charge in [0.2, 0.25) is 17.6 Å². The van der Waals surface area contributed by atoms with E-state index in [1.807, 2.05) is 19.1 Å². The lowest BCUT2D eigenvalue weighted by atomic mass is 10.2. The van der Waals surface area contributed by atoms with Gasteiger partial charge in [-0.15, -0.1) is 0 Å². The van der Waals surface area contributed by atoms with Crippen molar-refractivity contribution in [2.24, 2.45) is 0 Å².